The Balaban J connectivity index is 1.89. The number of aliphatic hydroxyl groups excluding tert-OH is 1. The van der Waals surface area contributed by atoms with Crippen LogP contribution < -0.4 is 0 Å². The highest BCUT2D eigenvalue weighted by molar-refractivity contribution is 5.69. The average Bonchev–Trinajstić information content (AvgIpc) is 2.75. The predicted molar refractivity (Wildman–Crippen MR) is 68.2 cm³/mol. The molecule has 0 radical (unpaired) electrons. The molecule has 1 aromatic heterocycles. The summed E-state index contributed by atoms with van der Waals surface area (Å²) in [6.45, 7) is 3.09. The molecule has 2 rings (SSSR count). The van der Waals surface area contributed by atoms with Crippen LogP contribution >= 0.6 is 0 Å². The Hall–Kier alpha value is -1.29. The van der Waals surface area contributed by atoms with Crippen molar-refractivity contribution in [2.24, 2.45) is 0 Å². The Morgan fingerprint density at radius 3 is 3.22 bits per heavy atom. The number of hydrogen-bond donors (Lipinski definition) is 1. The highest BCUT2D eigenvalue weighted by atomic mass is 16.5. The van der Waals surface area contributed by atoms with Gasteiger partial charge in [0.25, 0.3) is 0 Å². The van der Waals surface area contributed by atoms with Gasteiger partial charge in [0.2, 0.25) is 0 Å². The minimum absolute atomic E-state index is 0.126. The summed E-state index contributed by atoms with van der Waals surface area (Å²) < 4.78 is 7.07. The Morgan fingerprint density at radius 2 is 2.44 bits per heavy atom. The van der Waals surface area contributed by atoms with Gasteiger partial charge in [0.05, 0.1) is 12.7 Å². The maximum Gasteiger partial charge on any atom is 0.305 e. The summed E-state index contributed by atoms with van der Waals surface area (Å²) in [6, 6.07) is 2.00. The number of rotatable bonds is 5. The van der Waals surface area contributed by atoms with Gasteiger partial charge in [-0.25, -0.2) is 0 Å². The number of hydrogen-bond acceptors (Lipinski definition) is 3. The number of carbonyl (C=O) groups excluding carboxylic acids is 1. The van der Waals surface area contributed by atoms with Gasteiger partial charge in [0, 0.05) is 30.4 Å². The molecule has 100 valence electrons. The van der Waals surface area contributed by atoms with Crippen molar-refractivity contribution in [2.45, 2.75) is 51.7 Å². The number of aliphatic hydroxyl groups is 1. The van der Waals surface area contributed by atoms with Crippen molar-refractivity contribution in [1.82, 2.24) is 4.57 Å². The first-order valence-corrected chi connectivity index (χ1v) is 6.74. The maximum atomic E-state index is 11.2. The van der Waals surface area contributed by atoms with E-state index in [0.29, 0.717) is 13.0 Å². The van der Waals surface area contributed by atoms with Crippen LogP contribution in [-0.4, -0.2) is 22.2 Å². The van der Waals surface area contributed by atoms with Gasteiger partial charge >= 0.3 is 5.97 Å². The molecule has 0 saturated carbocycles. The highest BCUT2D eigenvalue weighted by Gasteiger charge is 2.20. The Kier molecular flexibility index (Phi) is 4.42. The summed E-state index contributed by atoms with van der Waals surface area (Å²) in [4.78, 5) is 11.2. The number of fused-ring (bicyclic) bond motifs is 1. The lowest BCUT2D eigenvalue weighted by molar-refractivity contribution is -0.143. The molecule has 4 nitrogen and oxygen atoms in total. The predicted octanol–water partition coefficient (Wildman–Crippen LogP) is 2.20. The third-order valence-electron chi connectivity index (χ3n) is 3.45. The van der Waals surface area contributed by atoms with Crippen molar-refractivity contribution in [2.75, 3.05) is 6.61 Å². The number of esters is 1. The third kappa shape index (κ3) is 2.93. The maximum absolute atomic E-state index is 11.2. The third-order valence-corrected chi connectivity index (χ3v) is 3.45. The first-order chi connectivity index (χ1) is 8.72. The minimum atomic E-state index is -0.306. The molecular formula is C14H21NO3. The average molecular weight is 251 g/mol. The normalized spacial score (nSPS) is 18.4. The van der Waals surface area contributed by atoms with E-state index in [-0.39, 0.29) is 12.1 Å². The van der Waals surface area contributed by atoms with E-state index in [2.05, 4.69) is 4.57 Å². The van der Waals surface area contributed by atoms with Crippen LogP contribution in [0, 0.1) is 0 Å². The molecule has 4 heteroatoms. The van der Waals surface area contributed by atoms with E-state index in [9.17, 15) is 9.90 Å². The molecular weight excluding hydrogens is 230 g/mol. The van der Waals surface area contributed by atoms with Crippen molar-refractivity contribution in [3.63, 3.8) is 0 Å². The van der Waals surface area contributed by atoms with E-state index < -0.39 is 0 Å². The van der Waals surface area contributed by atoms with E-state index in [0.717, 1.165) is 37.8 Å². The van der Waals surface area contributed by atoms with E-state index in [1.54, 1.807) is 0 Å². The van der Waals surface area contributed by atoms with Gasteiger partial charge in [0.1, 0.15) is 0 Å². The fourth-order valence-electron chi connectivity index (χ4n) is 2.57. The van der Waals surface area contributed by atoms with Gasteiger partial charge in [-0.1, -0.05) is 0 Å². The smallest absolute Gasteiger partial charge is 0.305 e. The molecule has 1 aliphatic carbocycles. The van der Waals surface area contributed by atoms with Crippen LogP contribution in [0.15, 0.2) is 12.3 Å². The van der Waals surface area contributed by atoms with Gasteiger partial charge in [-0.2, -0.15) is 0 Å². The molecule has 18 heavy (non-hydrogen) atoms. The zero-order chi connectivity index (χ0) is 13.0. The molecule has 0 amide bonds. The Labute approximate surface area is 108 Å². The van der Waals surface area contributed by atoms with Crippen LogP contribution in [0.25, 0.3) is 0 Å². The first kappa shape index (κ1) is 13.1. The van der Waals surface area contributed by atoms with Crippen molar-refractivity contribution >= 4 is 5.97 Å². The molecule has 0 bridgehead atoms. The van der Waals surface area contributed by atoms with Crippen molar-refractivity contribution in [3.05, 3.63) is 23.5 Å². The van der Waals surface area contributed by atoms with Crippen molar-refractivity contribution < 1.29 is 14.6 Å². The molecule has 1 unspecified atom stereocenters. The summed E-state index contributed by atoms with van der Waals surface area (Å²) in [6.07, 6.45) is 5.89. The van der Waals surface area contributed by atoms with E-state index in [1.165, 1.54) is 5.69 Å². The van der Waals surface area contributed by atoms with Crippen LogP contribution in [0.2, 0.25) is 0 Å². The van der Waals surface area contributed by atoms with Crippen molar-refractivity contribution in [3.8, 4) is 0 Å². The molecule has 0 spiro atoms. The second kappa shape index (κ2) is 6.05. The number of ether oxygens (including phenoxy) is 1. The van der Waals surface area contributed by atoms with Crippen LogP contribution in [0.4, 0.5) is 0 Å². The van der Waals surface area contributed by atoms with Gasteiger partial charge in [-0.05, 0) is 38.7 Å². The van der Waals surface area contributed by atoms with Gasteiger partial charge < -0.3 is 14.4 Å². The fraction of sp³-hybridized carbons (Fsp3) is 0.643. The molecule has 0 fully saturated rings. The Morgan fingerprint density at radius 1 is 1.61 bits per heavy atom. The van der Waals surface area contributed by atoms with Crippen LogP contribution in [-0.2, 0) is 22.5 Å². The molecule has 1 heterocycles. The topological polar surface area (TPSA) is 51.5 Å². The Bertz CT molecular complexity index is 411. The molecule has 1 N–H and O–H groups in total. The lowest BCUT2D eigenvalue weighted by Gasteiger charge is -2.20. The summed E-state index contributed by atoms with van der Waals surface area (Å²) in [5, 5.41) is 9.87. The zero-order valence-electron chi connectivity index (χ0n) is 10.9. The molecule has 1 aliphatic rings. The van der Waals surface area contributed by atoms with Crippen LogP contribution in [0.3, 0.4) is 0 Å². The molecule has 1 aromatic rings. The van der Waals surface area contributed by atoms with Gasteiger partial charge in [-0.3, -0.25) is 4.79 Å². The standard InChI is InChI=1S/C14H21NO3/c1-2-18-14(17)7-4-9-15-10-8-11-12(15)5-3-6-13(11)16/h8,10,13,16H,2-7,9H2,1H3. The summed E-state index contributed by atoms with van der Waals surface area (Å²) in [5.74, 6) is -0.126. The van der Waals surface area contributed by atoms with Gasteiger partial charge in [-0.15, -0.1) is 0 Å². The number of carbonyl (C=O) groups is 1. The quantitative estimate of drug-likeness (QED) is 0.816. The molecule has 0 saturated heterocycles. The van der Waals surface area contributed by atoms with E-state index >= 15 is 0 Å². The van der Waals surface area contributed by atoms with Crippen LogP contribution in [0.5, 0.6) is 0 Å². The SMILES string of the molecule is CCOC(=O)CCCn1ccc2c1CCCC2O. The summed E-state index contributed by atoms with van der Waals surface area (Å²) >= 11 is 0. The molecule has 0 aliphatic heterocycles. The second-order valence-electron chi connectivity index (χ2n) is 4.73. The number of nitrogens with zero attached hydrogens (tertiary/aromatic N) is 1. The van der Waals surface area contributed by atoms with Gasteiger partial charge in [0.15, 0.2) is 0 Å². The highest BCUT2D eigenvalue weighted by Crippen LogP contribution is 2.30. The minimum Gasteiger partial charge on any atom is -0.466 e. The lowest BCUT2D eigenvalue weighted by Crippen LogP contribution is -2.13. The number of aromatic nitrogens is 1. The summed E-state index contributed by atoms with van der Waals surface area (Å²) in [7, 11) is 0. The first-order valence-electron chi connectivity index (χ1n) is 6.74. The molecule has 0 aromatic carbocycles. The zero-order valence-corrected chi connectivity index (χ0v) is 10.9. The van der Waals surface area contributed by atoms with Crippen LogP contribution in [0.1, 0.15) is 50.0 Å². The number of aryl methyl sites for hydroxylation is 1. The fourth-order valence-corrected chi connectivity index (χ4v) is 2.57. The van der Waals surface area contributed by atoms with E-state index in [4.69, 9.17) is 4.74 Å². The van der Waals surface area contributed by atoms with E-state index in [1.807, 2.05) is 19.2 Å². The lowest BCUT2D eigenvalue weighted by atomic mass is 9.95. The molecule has 1 atom stereocenters. The largest absolute Gasteiger partial charge is 0.466 e. The van der Waals surface area contributed by atoms with Crippen molar-refractivity contribution in [1.29, 1.82) is 0 Å². The second-order valence-corrected chi connectivity index (χ2v) is 4.73. The summed E-state index contributed by atoms with van der Waals surface area (Å²) in [5.41, 5.74) is 2.30. The monoisotopic (exact) mass is 251 g/mol.